The standard InChI is InChI=1S/C20H22F3N5O2/c1-12(2)17-25-16(30-26-17)10-27-9-5-8-15(27)18-24-14-7-4-3-6-13(14)19(29)28(18)11-20(21,22)23/h3-4,6-7,12,15H,5,8-11H2,1-2H3. The average Bonchev–Trinajstić information content (AvgIpc) is 3.33. The molecule has 2 aromatic heterocycles. The molecule has 3 heterocycles. The maximum atomic E-state index is 13.3. The molecule has 160 valence electrons. The highest BCUT2D eigenvalue weighted by Gasteiger charge is 2.35. The first-order chi connectivity index (χ1) is 14.2. The summed E-state index contributed by atoms with van der Waals surface area (Å²) in [5, 5.41) is 4.12. The third-order valence-electron chi connectivity index (χ3n) is 5.23. The number of halogens is 3. The summed E-state index contributed by atoms with van der Waals surface area (Å²) >= 11 is 0. The summed E-state index contributed by atoms with van der Waals surface area (Å²) in [5.74, 6) is 1.21. The summed E-state index contributed by atoms with van der Waals surface area (Å²) < 4.78 is 45.9. The smallest absolute Gasteiger partial charge is 0.338 e. The van der Waals surface area contributed by atoms with Crippen molar-refractivity contribution in [2.24, 2.45) is 0 Å². The van der Waals surface area contributed by atoms with E-state index in [9.17, 15) is 18.0 Å². The fraction of sp³-hybridized carbons (Fsp3) is 0.500. The Hall–Kier alpha value is -2.75. The molecule has 0 amide bonds. The van der Waals surface area contributed by atoms with Crippen LogP contribution >= 0.6 is 0 Å². The van der Waals surface area contributed by atoms with E-state index < -0.39 is 24.3 Å². The average molecular weight is 421 g/mol. The van der Waals surface area contributed by atoms with Crippen LogP contribution in [-0.2, 0) is 13.1 Å². The predicted molar refractivity (Wildman–Crippen MR) is 103 cm³/mol. The molecule has 1 aromatic carbocycles. The van der Waals surface area contributed by atoms with Gasteiger partial charge in [-0.05, 0) is 31.5 Å². The van der Waals surface area contributed by atoms with Crippen LogP contribution in [0.2, 0.25) is 0 Å². The highest BCUT2D eigenvalue weighted by Crippen LogP contribution is 2.33. The van der Waals surface area contributed by atoms with E-state index in [0.29, 0.717) is 36.7 Å². The molecule has 1 saturated heterocycles. The lowest BCUT2D eigenvalue weighted by atomic mass is 10.1. The Labute approximate surface area is 170 Å². The summed E-state index contributed by atoms with van der Waals surface area (Å²) in [6.07, 6.45) is -3.18. The van der Waals surface area contributed by atoms with E-state index in [0.717, 1.165) is 11.0 Å². The number of aromatic nitrogens is 4. The maximum Gasteiger partial charge on any atom is 0.406 e. The van der Waals surface area contributed by atoms with E-state index in [2.05, 4.69) is 15.1 Å². The Morgan fingerprint density at radius 1 is 1.23 bits per heavy atom. The van der Waals surface area contributed by atoms with Crippen LogP contribution in [0.5, 0.6) is 0 Å². The minimum Gasteiger partial charge on any atom is -0.338 e. The monoisotopic (exact) mass is 421 g/mol. The molecule has 30 heavy (non-hydrogen) atoms. The van der Waals surface area contributed by atoms with Crippen molar-refractivity contribution in [3.8, 4) is 0 Å². The van der Waals surface area contributed by atoms with E-state index >= 15 is 0 Å². The summed E-state index contributed by atoms with van der Waals surface area (Å²) in [5.41, 5.74) is -0.290. The topological polar surface area (TPSA) is 77.0 Å². The van der Waals surface area contributed by atoms with Gasteiger partial charge in [-0.1, -0.05) is 31.1 Å². The molecule has 10 heteroatoms. The van der Waals surface area contributed by atoms with Crippen LogP contribution in [0.1, 0.15) is 56.2 Å². The van der Waals surface area contributed by atoms with Crippen LogP contribution in [0, 0.1) is 0 Å². The highest BCUT2D eigenvalue weighted by atomic mass is 19.4. The van der Waals surface area contributed by atoms with Gasteiger partial charge >= 0.3 is 6.18 Å². The summed E-state index contributed by atoms with van der Waals surface area (Å²) in [7, 11) is 0. The first-order valence-electron chi connectivity index (χ1n) is 9.85. The van der Waals surface area contributed by atoms with Crippen molar-refractivity contribution >= 4 is 10.9 Å². The van der Waals surface area contributed by atoms with Crippen molar-refractivity contribution in [2.75, 3.05) is 6.54 Å². The molecule has 7 nitrogen and oxygen atoms in total. The summed E-state index contributed by atoms with van der Waals surface area (Å²) in [6, 6.07) is 6.03. The zero-order chi connectivity index (χ0) is 21.5. The molecule has 1 aliphatic heterocycles. The predicted octanol–water partition coefficient (Wildman–Crippen LogP) is 3.80. The molecular formula is C20H22F3N5O2. The molecule has 0 N–H and O–H groups in total. The van der Waals surface area contributed by atoms with Gasteiger partial charge in [0.25, 0.3) is 5.56 Å². The summed E-state index contributed by atoms with van der Waals surface area (Å²) in [6.45, 7) is 3.45. The molecule has 0 radical (unpaired) electrons. The SMILES string of the molecule is CC(C)c1noc(CN2CCCC2c2nc3ccccc3c(=O)n2CC(F)(F)F)n1. The number of alkyl halides is 3. The second-order valence-electron chi connectivity index (χ2n) is 7.82. The largest absolute Gasteiger partial charge is 0.406 e. The van der Waals surface area contributed by atoms with Gasteiger partial charge in [0.1, 0.15) is 12.4 Å². The number of benzene rings is 1. The van der Waals surface area contributed by atoms with Crippen LogP contribution in [0.25, 0.3) is 10.9 Å². The number of fused-ring (bicyclic) bond motifs is 1. The van der Waals surface area contributed by atoms with Gasteiger partial charge in [-0.2, -0.15) is 18.2 Å². The van der Waals surface area contributed by atoms with Crippen molar-refractivity contribution in [3.05, 3.63) is 52.2 Å². The second kappa shape index (κ2) is 7.82. The minimum atomic E-state index is -4.54. The fourth-order valence-corrected chi connectivity index (χ4v) is 3.82. The Kier molecular flexibility index (Phi) is 5.35. The Morgan fingerprint density at radius 3 is 2.70 bits per heavy atom. The van der Waals surface area contributed by atoms with Gasteiger partial charge in [0.2, 0.25) is 5.89 Å². The van der Waals surface area contributed by atoms with Crippen molar-refractivity contribution in [3.63, 3.8) is 0 Å². The van der Waals surface area contributed by atoms with Crippen LogP contribution in [0.15, 0.2) is 33.6 Å². The first-order valence-corrected chi connectivity index (χ1v) is 9.85. The fourth-order valence-electron chi connectivity index (χ4n) is 3.82. The molecule has 0 aliphatic carbocycles. The van der Waals surface area contributed by atoms with Gasteiger partial charge in [-0.25, -0.2) is 4.98 Å². The number of likely N-dealkylation sites (tertiary alicyclic amines) is 1. The molecule has 1 fully saturated rings. The van der Waals surface area contributed by atoms with E-state index in [1.807, 2.05) is 18.7 Å². The lowest BCUT2D eigenvalue weighted by Crippen LogP contribution is -2.35. The lowest BCUT2D eigenvalue weighted by Gasteiger charge is -2.25. The number of hydrogen-bond acceptors (Lipinski definition) is 6. The Balaban J connectivity index is 1.74. The van der Waals surface area contributed by atoms with Crippen molar-refractivity contribution < 1.29 is 17.7 Å². The van der Waals surface area contributed by atoms with Crippen LogP contribution < -0.4 is 5.56 Å². The molecule has 0 spiro atoms. The number of rotatable bonds is 5. The zero-order valence-electron chi connectivity index (χ0n) is 16.7. The van der Waals surface area contributed by atoms with Crippen LogP contribution in [-0.4, -0.2) is 37.3 Å². The van der Waals surface area contributed by atoms with E-state index in [4.69, 9.17) is 4.52 Å². The van der Waals surface area contributed by atoms with Gasteiger partial charge in [0.05, 0.1) is 23.5 Å². The normalized spacial score (nSPS) is 18.0. The van der Waals surface area contributed by atoms with E-state index in [1.165, 1.54) is 6.07 Å². The molecule has 4 rings (SSSR count). The van der Waals surface area contributed by atoms with Gasteiger partial charge in [0, 0.05) is 5.92 Å². The number of hydrogen-bond donors (Lipinski definition) is 0. The molecular weight excluding hydrogens is 399 g/mol. The maximum absolute atomic E-state index is 13.3. The zero-order valence-corrected chi connectivity index (χ0v) is 16.7. The molecule has 1 aliphatic rings. The molecule has 1 unspecified atom stereocenters. The Bertz CT molecular complexity index is 1110. The first kappa shape index (κ1) is 20.5. The van der Waals surface area contributed by atoms with Gasteiger partial charge in [0.15, 0.2) is 5.82 Å². The lowest BCUT2D eigenvalue weighted by molar-refractivity contribution is -0.142. The van der Waals surface area contributed by atoms with Gasteiger partial charge in [-0.15, -0.1) is 0 Å². The van der Waals surface area contributed by atoms with Crippen LogP contribution in [0.4, 0.5) is 13.2 Å². The minimum absolute atomic E-state index is 0.107. The van der Waals surface area contributed by atoms with E-state index in [1.54, 1.807) is 18.2 Å². The second-order valence-corrected chi connectivity index (χ2v) is 7.82. The number of nitrogens with zero attached hydrogens (tertiary/aromatic N) is 5. The highest BCUT2D eigenvalue weighted by molar-refractivity contribution is 5.77. The quantitative estimate of drug-likeness (QED) is 0.624. The molecule has 0 bridgehead atoms. The summed E-state index contributed by atoms with van der Waals surface area (Å²) in [4.78, 5) is 23.7. The van der Waals surface area contributed by atoms with Gasteiger partial charge in [-0.3, -0.25) is 14.3 Å². The molecule has 3 aromatic rings. The van der Waals surface area contributed by atoms with Crippen LogP contribution in [0.3, 0.4) is 0 Å². The Morgan fingerprint density at radius 2 is 2.00 bits per heavy atom. The van der Waals surface area contributed by atoms with E-state index in [-0.39, 0.29) is 17.1 Å². The number of para-hydroxylation sites is 1. The third kappa shape index (κ3) is 4.09. The van der Waals surface area contributed by atoms with Crippen molar-refractivity contribution in [1.82, 2.24) is 24.6 Å². The van der Waals surface area contributed by atoms with Gasteiger partial charge < -0.3 is 4.52 Å². The molecule has 1 atom stereocenters. The molecule has 0 saturated carbocycles. The van der Waals surface area contributed by atoms with Crippen molar-refractivity contribution in [1.29, 1.82) is 0 Å². The van der Waals surface area contributed by atoms with Crippen molar-refractivity contribution in [2.45, 2.75) is 57.9 Å². The third-order valence-corrected chi connectivity index (χ3v) is 5.23.